The molecular formula is C27H23ClN4O3S3. The molecule has 2 aromatic heterocycles. The Morgan fingerprint density at radius 2 is 2.00 bits per heavy atom. The van der Waals surface area contributed by atoms with Gasteiger partial charge >= 0.3 is 0 Å². The third kappa shape index (κ3) is 5.99. The summed E-state index contributed by atoms with van der Waals surface area (Å²) in [6, 6.07) is 10.9. The largest absolute Gasteiger partial charge is 0.348 e. The summed E-state index contributed by atoms with van der Waals surface area (Å²) in [5.41, 5.74) is 3.29. The molecule has 1 aliphatic carbocycles. The molecule has 7 nitrogen and oxygen atoms in total. The molecule has 5 rings (SSSR count). The smallest absolute Gasteiger partial charge is 0.266 e. The fourth-order valence-electron chi connectivity index (χ4n) is 4.31. The lowest BCUT2D eigenvalue weighted by atomic mass is 10.1. The molecule has 11 heteroatoms. The molecule has 3 aromatic rings. The summed E-state index contributed by atoms with van der Waals surface area (Å²) in [5, 5.41) is 7.04. The molecule has 1 saturated heterocycles. The highest BCUT2D eigenvalue weighted by Gasteiger charge is 2.32. The molecule has 0 bridgehead atoms. The van der Waals surface area contributed by atoms with Crippen LogP contribution in [0.15, 0.2) is 53.7 Å². The summed E-state index contributed by atoms with van der Waals surface area (Å²) >= 11 is 14.0. The summed E-state index contributed by atoms with van der Waals surface area (Å²) < 4.78 is 0.411. The quantitative estimate of drug-likeness (QED) is 0.271. The van der Waals surface area contributed by atoms with Crippen LogP contribution in [0.4, 0.5) is 5.00 Å². The lowest BCUT2D eigenvalue weighted by Crippen LogP contribution is -2.31. The van der Waals surface area contributed by atoms with Gasteiger partial charge in [0.15, 0.2) is 0 Å². The number of amides is 3. The minimum atomic E-state index is -0.276. The molecule has 2 N–H and O–H groups in total. The lowest BCUT2D eigenvalue weighted by molar-refractivity contribution is -0.122. The van der Waals surface area contributed by atoms with E-state index in [2.05, 4.69) is 15.6 Å². The standard InChI is InChI=1S/C27H23ClN4O3S3/c28-18-8-6-16(7-9-18)13-21-26(35)32(27(36)38-21)12-10-22(33)31-25-23(19-4-1-5-20(19)37-25)24(34)30-15-17-3-2-11-29-14-17/h2-3,6-9,11,13-14H,1,4-5,10,12,15H2,(H,30,34)(H,31,33)/b21-13-. The Bertz CT molecular complexity index is 1440. The van der Waals surface area contributed by atoms with Crippen LogP contribution in [-0.4, -0.2) is 38.5 Å². The number of thioether (sulfide) groups is 1. The monoisotopic (exact) mass is 582 g/mol. The molecule has 1 aliphatic heterocycles. The number of pyridine rings is 1. The van der Waals surface area contributed by atoms with Gasteiger partial charge in [-0.15, -0.1) is 11.3 Å². The Morgan fingerprint density at radius 3 is 2.76 bits per heavy atom. The van der Waals surface area contributed by atoms with E-state index < -0.39 is 0 Å². The van der Waals surface area contributed by atoms with Gasteiger partial charge in [0, 0.05) is 41.8 Å². The van der Waals surface area contributed by atoms with Gasteiger partial charge in [-0.1, -0.05) is 53.8 Å². The molecule has 2 aliphatic rings. The first kappa shape index (κ1) is 26.6. The molecule has 194 valence electrons. The van der Waals surface area contributed by atoms with Crippen molar-refractivity contribution in [1.82, 2.24) is 15.2 Å². The van der Waals surface area contributed by atoms with E-state index in [0.29, 0.717) is 31.4 Å². The molecule has 0 unspecified atom stereocenters. The van der Waals surface area contributed by atoms with Crippen molar-refractivity contribution < 1.29 is 14.4 Å². The van der Waals surface area contributed by atoms with Crippen molar-refractivity contribution >= 4 is 80.0 Å². The Morgan fingerprint density at radius 1 is 1.18 bits per heavy atom. The van der Waals surface area contributed by atoms with E-state index in [1.807, 2.05) is 24.3 Å². The molecule has 0 saturated carbocycles. The van der Waals surface area contributed by atoms with Gasteiger partial charge in [0.1, 0.15) is 9.32 Å². The normalized spacial score (nSPS) is 15.7. The van der Waals surface area contributed by atoms with E-state index in [1.54, 1.807) is 30.6 Å². The minimum Gasteiger partial charge on any atom is -0.348 e. The Hall–Kier alpha value is -3.05. The van der Waals surface area contributed by atoms with E-state index in [-0.39, 0.29) is 30.7 Å². The van der Waals surface area contributed by atoms with Gasteiger partial charge in [-0.3, -0.25) is 24.3 Å². The molecule has 3 heterocycles. The fraction of sp³-hybridized carbons (Fsp3) is 0.222. The third-order valence-electron chi connectivity index (χ3n) is 6.18. The molecule has 0 atom stereocenters. The SMILES string of the molecule is O=C(CCN1C(=O)/C(=C/c2ccc(Cl)cc2)SC1=S)Nc1sc2c(c1C(=O)NCc1cccnc1)CCC2. The first-order chi connectivity index (χ1) is 18.4. The number of thiophene rings is 1. The number of anilines is 1. The van der Waals surface area contributed by atoms with Crippen molar-refractivity contribution in [2.45, 2.75) is 32.2 Å². The zero-order valence-corrected chi connectivity index (χ0v) is 23.4. The van der Waals surface area contributed by atoms with Gasteiger partial charge in [-0.25, -0.2) is 0 Å². The summed E-state index contributed by atoms with van der Waals surface area (Å²) in [7, 11) is 0. The van der Waals surface area contributed by atoms with Crippen LogP contribution in [0.25, 0.3) is 6.08 Å². The van der Waals surface area contributed by atoms with E-state index in [4.69, 9.17) is 23.8 Å². The van der Waals surface area contributed by atoms with Crippen molar-refractivity contribution in [3.05, 3.63) is 85.9 Å². The second-order valence-corrected chi connectivity index (χ2v) is 12.0. The Kier molecular flexibility index (Phi) is 8.23. The number of carbonyl (C=O) groups is 3. The van der Waals surface area contributed by atoms with Gasteiger partial charge in [0.05, 0.1) is 10.5 Å². The van der Waals surface area contributed by atoms with Crippen LogP contribution in [0.5, 0.6) is 0 Å². The number of carbonyl (C=O) groups excluding carboxylic acids is 3. The van der Waals surface area contributed by atoms with E-state index >= 15 is 0 Å². The van der Waals surface area contributed by atoms with Crippen LogP contribution in [0.2, 0.25) is 5.02 Å². The number of aromatic nitrogens is 1. The molecule has 0 spiro atoms. The highest BCUT2D eigenvalue weighted by atomic mass is 35.5. The van der Waals surface area contributed by atoms with Crippen molar-refractivity contribution in [1.29, 1.82) is 0 Å². The van der Waals surface area contributed by atoms with Gasteiger partial charge in [-0.05, 0) is 60.2 Å². The number of rotatable bonds is 8. The Balaban J connectivity index is 1.22. The van der Waals surface area contributed by atoms with Gasteiger partial charge < -0.3 is 10.6 Å². The highest BCUT2D eigenvalue weighted by Crippen LogP contribution is 2.39. The first-order valence-corrected chi connectivity index (χ1v) is 14.4. The van der Waals surface area contributed by atoms with Crippen molar-refractivity contribution in [2.24, 2.45) is 0 Å². The first-order valence-electron chi connectivity index (χ1n) is 12.0. The van der Waals surface area contributed by atoms with Crippen molar-refractivity contribution in [2.75, 3.05) is 11.9 Å². The van der Waals surface area contributed by atoms with Crippen LogP contribution in [0, 0.1) is 0 Å². The summed E-state index contributed by atoms with van der Waals surface area (Å²) in [6.07, 6.45) is 7.92. The van der Waals surface area contributed by atoms with Crippen LogP contribution in [-0.2, 0) is 29.0 Å². The van der Waals surface area contributed by atoms with Crippen molar-refractivity contribution in [3.8, 4) is 0 Å². The molecule has 1 aromatic carbocycles. The number of thiocarbonyl (C=S) groups is 1. The molecule has 1 fully saturated rings. The summed E-state index contributed by atoms with van der Waals surface area (Å²) in [5.74, 6) is -0.719. The average molecular weight is 583 g/mol. The molecular weight excluding hydrogens is 560 g/mol. The maximum absolute atomic E-state index is 13.1. The zero-order valence-electron chi connectivity index (χ0n) is 20.2. The highest BCUT2D eigenvalue weighted by molar-refractivity contribution is 8.26. The van der Waals surface area contributed by atoms with Crippen LogP contribution in [0.3, 0.4) is 0 Å². The predicted molar refractivity (Wildman–Crippen MR) is 156 cm³/mol. The number of halogens is 1. The maximum atomic E-state index is 13.1. The van der Waals surface area contributed by atoms with E-state index in [0.717, 1.165) is 40.8 Å². The summed E-state index contributed by atoms with van der Waals surface area (Å²) in [6.45, 7) is 0.505. The number of benzene rings is 1. The topological polar surface area (TPSA) is 91.4 Å². The average Bonchev–Trinajstić information content (AvgIpc) is 3.56. The van der Waals surface area contributed by atoms with Crippen molar-refractivity contribution in [3.63, 3.8) is 0 Å². The zero-order chi connectivity index (χ0) is 26.6. The molecule has 0 radical (unpaired) electrons. The second kappa shape index (κ2) is 11.8. The van der Waals surface area contributed by atoms with Gasteiger partial charge in [-0.2, -0.15) is 0 Å². The molecule has 3 amide bonds. The predicted octanol–water partition coefficient (Wildman–Crippen LogP) is 5.45. The number of nitrogens with one attached hydrogen (secondary N) is 2. The number of fused-ring (bicyclic) bond motifs is 1. The maximum Gasteiger partial charge on any atom is 0.266 e. The number of hydrogen-bond donors (Lipinski definition) is 2. The number of hydrogen-bond acceptors (Lipinski definition) is 7. The lowest BCUT2D eigenvalue weighted by Gasteiger charge is -2.14. The van der Waals surface area contributed by atoms with E-state index in [9.17, 15) is 14.4 Å². The fourth-order valence-corrected chi connectivity index (χ4v) is 7.05. The second-order valence-electron chi connectivity index (χ2n) is 8.79. The third-order valence-corrected chi connectivity index (χ3v) is 9.02. The van der Waals surface area contributed by atoms with E-state index in [1.165, 1.54) is 28.0 Å². The Labute approximate surface area is 238 Å². The number of aryl methyl sites for hydroxylation is 1. The number of nitrogens with zero attached hydrogens (tertiary/aromatic N) is 2. The minimum absolute atomic E-state index is 0.0555. The van der Waals surface area contributed by atoms with Crippen LogP contribution >= 0.6 is 46.9 Å². The summed E-state index contributed by atoms with van der Waals surface area (Å²) in [4.78, 5) is 46.1. The van der Waals surface area contributed by atoms with Gasteiger partial charge in [0.2, 0.25) is 5.91 Å². The van der Waals surface area contributed by atoms with Crippen LogP contribution in [0.1, 0.15) is 44.8 Å². The van der Waals surface area contributed by atoms with Gasteiger partial charge in [0.25, 0.3) is 11.8 Å². The van der Waals surface area contributed by atoms with Crippen LogP contribution < -0.4 is 10.6 Å². The molecule has 38 heavy (non-hydrogen) atoms.